The molecule has 0 spiro atoms. The first-order chi connectivity index (χ1) is 5.90. The molecule has 0 saturated carbocycles. The number of hydrogen-bond donors (Lipinski definition) is 1. The molecule has 1 aromatic heterocycles. The zero-order valence-corrected chi connectivity index (χ0v) is 7.82. The third kappa shape index (κ3) is 1.52. The van der Waals surface area contributed by atoms with Crippen molar-refractivity contribution in [3.05, 3.63) is 23.2 Å². The first kappa shape index (κ1) is 8.20. The van der Waals surface area contributed by atoms with Gasteiger partial charge >= 0.3 is 0 Å². The summed E-state index contributed by atoms with van der Waals surface area (Å²) in [5.74, 6) is 4.56. The van der Waals surface area contributed by atoms with Crippen LogP contribution in [0.25, 0.3) is 0 Å². The van der Waals surface area contributed by atoms with Crippen LogP contribution in [0.2, 0.25) is 0 Å². The zero-order chi connectivity index (χ0) is 8.39. The van der Waals surface area contributed by atoms with Crippen molar-refractivity contribution >= 4 is 11.8 Å². The average Bonchev–Trinajstić information content (AvgIpc) is 2.47. The molecular weight excluding hydrogens is 170 g/mol. The second-order valence-electron chi connectivity index (χ2n) is 3.00. The molecule has 0 amide bonds. The van der Waals surface area contributed by atoms with Crippen molar-refractivity contribution in [2.75, 3.05) is 12.3 Å². The van der Waals surface area contributed by atoms with Crippen molar-refractivity contribution < 1.29 is 4.42 Å². The number of thioether (sulfide) groups is 1. The molecule has 0 aromatic carbocycles. The number of hydrogen-bond acceptors (Lipinski definition) is 3. The fourth-order valence-corrected chi connectivity index (χ4v) is 2.41. The second-order valence-corrected chi connectivity index (χ2v) is 4.11. The fraction of sp³-hybridized carbons (Fsp3) is 0.556. The van der Waals surface area contributed by atoms with Crippen LogP contribution in [0.15, 0.2) is 10.5 Å². The van der Waals surface area contributed by atoms with Crippen molar-refractivity contribution in [2.45, 2.75) is 18.6 Å². The zero-order valence-electron chi connectivity index (χ0n) is 7.01. The maximum atomic E-state index is 5.65. The van der Waals surface area contributed by atoms with Crippen molar-refractivity contribution in [2.24, 2.45) is 5.73 Å². The van der Waals surface area contributed by atoms with Crippen LogP contribution in [0.1, 0.15) is 17.1 Å². The second kappa shape index (κ2) is 3.54. The largest absolute Gasteiger partial charge is 0.466 e. The first-order valence-electron chi connectivity index (χ1n) is 4.28. The van der Waals surface area contributed by atoms with E-state index in [1.807, 2.05) is 11.8 Å². The van der Waals surface area contributed by atoms with E-state index < -0.39 is 0 Å². The van der Waals surface area contributed by atoms with Gasteiger partial charge in [0.1, 0.15) is 11.5 Å². The van der Waals surface area contributed by atoms with Gasteiger partial charge in [-0.1, -0.05) is 0 Å². The van der Waals surface area contributed by atoms with Gasteiger partial charge in [0.2, 0.25) is 0 Å². The predicted octanol–water partition coefficient (Wildman–Crippen LogP) is 1.57. The molecule has 1 aromatic rings. The van der Waals surface area contributed by atoms with Crippen molar-refractivity contribution in [3.8, 4) is 0 Å². The lowest BCUT2D eigenvalue weighted by atomic mass is 10.2. The Kier molecular flexibility index (Phi) is 2.42. The van der Waals surface area contributed by atoms with E-state index in [2.05, 4.69) is 6.07 Å². The van der Waals surface area contributed by atoms with Gasteiger partial charge < -0.3 is 10.2 Å². The lowest BCUT2D eigenvalue weighted by Gasteiger charge is -2.07. The molecule has 0 atom stereocenters. The van der Waals surface area contributed by atoms with E-state index in [4.69, 9.17) is 10.2 Å². The van der Waals surface area contributed by atoms with Crippen LogP contribution in [0.4, 0.5) is 0 Å². The van der Waals surface area contributed by atoms with Gasteiger partial charge in [0.15, 0.2) is 0 Å². The number of nitrogens with two attached hydrogens (primary N) is 1. The fourth-order valence-electron chi connectivity index (χ4n) is 1.47. The summed E-state index contributed by atoms with van der Waals surface area (Å²) < 4.78 is 5.65. The van der Waals surface area contributed by atoms with Crippen molar-refractivity contribution in [1.82, 2.24) is 0 Å². The normalized spacial score (nSPS) is 16.1. The highest BCUT2D eigenvalue weighted by atomic mass is 32.2. The van der Waals surface area contributed by atoms with Crippen LogP contribution in [0, 0.1) is 0 Å². The van der Waals surface area contributed by atoms with Crippen molar-refractivity contribution in [1.29, 1.82) is 0 Å². The molecule has 2 N–H and O–H groups in total. The molecule has 1 aliphatic rings. The van der Waals surface area contributed by atoms with Crippen LogP contribution >= 0.6 is 11.8 Å². The minimum Gasteiger partial charge on any atom is -0.466 e. The summed E-state index contributed by atoms with van der Waals surface area (Å²) >= 11 is 1.98. The van der Waals surface area contributed by atoms with Gasteiger partial charge in [0, 0.05) is 29.9 Å². The van der Waals surface area contributed by atoms with Crippen LogP contribution in [0.3, 0.4) is 0 Å². The molecule has 12 heavy (non-hydrogen) atoms. The highest BCUT2D eigenvalue weighted by molar-refractivity contribution is 7.98. The van der Waals surface area contributed by atoms with Gasteiger partial charge in [-0.3, -0.25) is 0 Å². The topological polar surface area (TPSA) is 39.2 Å². The van der Waals surface area contributed by atoms with E-state index in [-0.39, 0.29) is 0 Å². The summed E-state index contributed by atoms with van der Waals surface area (Å²) in [5, 5.41) is 0. The summed E-state index contributed by atoms with van der Waals surface area (Å²) in [7, 11) is 0. The Morgan fingerprint density at radius 1 is 1.58 bits per heavy atom. The molecule has 2 nitrogen and oxygen atoms in total. The molecule has 3 heteroatoms. The van der Waals surface area contributed by atoms with Crippen LogP contribution in [0.5, 0.6) is 0 Å². The van der Waals surface area contributed by atoms with Gasteiger partial charge in [-0.25, -0.2) is 0 Å². The Balaban J connectivity index is 2.20. The van der Waals surface area contributed by atoms with Crippen molar-refractivity contribution in [3.63, 3.8) is 0 Å². The third-order valence-electron chi connectivity index (χ3n) is 2.07. The van der Waals surface area contributed by atoms with E-state index in [0.717, 1.165) is 24.4 Å². The summed E-state index contributed by atoms with van der Waals surface area (Å²) in [4.78, 5) is 0. The number of furan rings is 1. The Labute approximate surface area is 76.5 Å². The van der Waals surface area contributed by atoms with E-state index in [0.29, 0.717) is 6.54 Å². The number of fused-ring (bicyclic) bond motifs is 1. The average molecular weight is 183 g/mol. The number of aryl methyl sites for hydroxylation is 1. The molecule has 0 aliphatic carbocycles. The highest BCUT2D eigenvalue weighted by Gasteiger charge is 2.14. The Morgan fingerprint density at radius 3 is 3.25 bits per heavy atom. The molecule has 0 fully saturated rings. The molecule has 2 heterocycles. The van der Waals surface area contributed by atoms with Gasteiger partial charge in [0.25, 0.3) is 0 Å². The van der Waals surface area contributed by atoms with E-state index >= 15 is 0 Å². The summed E-state index contributed by atoms with van der Waals surface area (Å²) in [6.07, 6.45) is 1.96. The Morgan fingerprint density at radius 2 is 2.50 bits per heavy atom. The molecule has 0 saturated heterocycles. The molecule has 66 valence electrons. The van der Waals surface area contributed by atoms with E-state index in [9.17, 15) is 0 Å². The summed E-state index contributed by atoms with van der Waals surface area (Å²) in [6.45, 7) is 0.680. The standard InChI is InChI=1S/C9H13NOS/c10-3-1-8-5-7-6-12-4-2-9(7)11-8/h5H,1-4,6,10H2. The molecule has 1 aliphatic heterocycles. The van der Waals surface area contributed by atoms with Crippen LogP contribution in [-0.2, 0) is 18.6 Å². The molecule has 2 rings (SSSR count). The van der Waals surface area contributed by atoms with E-state index in [1.165, 1.54) is 17.1 Å². The van der Waals surface area contributed by atoms with Gasteiger partial charge in [-0.2, -0.15) is 11.8 Å². The maximum absolute atomic E-state index is 5.65. The monoisotopic (exact) mass is 183 g/mol. The lowest BCUT2D eigenvalue weighted by molar-refractivity contribution is 0.468. The highest BCUT2D eigenvalue weighted by Crippen LogP contribution is 2.27. The predicted molar refractivity (Wildman–Crippen MR) is 51.3 cm³/mol. The smallest absolute Gasteiger partial charge is 0.109 e. The van der Waals surface area contributed by atoms with E-state index in [1.54, 1.807) is 0 Å². The van der Waals surface area contributed by atoms with Gasteiger partial charge in [0.05, 0.1) is 0 Å². The van der Waals surface area contributed by atoms with Gasteiger partial charge in [-0.05, 0) is 12.6 Å². The quantitative estimate of drug-likeness (QED) is 0.756. The maximum Gasteiger partial charge on any atom is 0.109 e. The molecule has 0 unspecified atom stereocenters. The summed E-state index contributed by atoms with van der Waals surface area (Å²) in [6, 6.07) is 2.16. The minimum atomic E-state index is 0.680. The Bertz CT molecular complexity index is 246. The minimum absolute atomic E-state index is 0.680. The van der Waals surface area contributed by atoms with Gasteiger partial charge in [-0.15, -0.1) is 0 Å². The molecular formula is C9H13NOS. The Hall–Kier alpha value is -0.410. The summed E-state index contributed by atoms with van der Waals surface area (Å²) in [5.41, 5.74) is 6.84. The molecule has 0 radical (unpaired) electrons. The lowest BCUT2D eigenvalue weighted by Crippen LogP contribution is -2.01. The number of rotatable bonds is 2. The van der Waals surface area contributed by atoms with Crippen LogP contribution < -0.4 is 5.73 Å². The van der Waals surface area contributed by atoms with Crippen LogP contribution in [-0.4, -0.2) is 12.3 Å². The first-order valence-corrected chi connectivity index (χ1v) is 5.44. The third-order valence-corrected chi connectivity index (χ3v) is 3.08. The SMILES string of the molecule is NCCc1cc2c(o1)CCSC2. The molecule has 0 bridgehead atoms.